The molecule has 18 heavy (non-hydrogen) atoms. The maximum atomic E-state index is 10.4. The third kappa shape index (κ3) is 5.36. The number of rotatable bonds is 8. The number of nitrogens with one attached hydrogen (secondary N) is 1. The van der Waals surface area contributed by atoms with Crippen molar-refractivity contribution in [2.24, 2.45) is 5.92 Å². The fourth-order valence-electron chi connectivity index (χ4n) is 2.64. The third-order valence-electron chi connectivity index (χ3n) is 4.10. The van der Waals surface area contributed by atoms with Gasteiger partial charge in [0.15, 0.2) is 0 Å². The van der Waals surface area contributed by atoms with Gasteiger partial charge in [0, 0.05) is 12.0 Å². The molecule has 0 amide bonds. The van der Waals surface area contributed by atoms with Crippen LogP contribution in [0.5, 0.6) is 0 Å². The molecule has 0 spiro atoms. The summed E-state index contributed by atoms with van der Waals surface area (Å²) in [5.74, 6) is 0.0677. The molecule has 106 valence electrons. The third-order valence-corrected chi connectivity index (χ3v) is 4.10. The van der Waals surface area contributed by atoms with Crippen LogP contribution in [0.2, 0.25) is 0 Å². The topological polar surface area (TPSA) is 69.6 Å². The molecule has 0 unspecified atom stereocenters. The normalized spacial score (nSPS) is 28.2. The Labute approximate surface area is 110 Å². The number of aliphatic carboxylic acids is 1. The molecule has 0 atom stereocenters. The average molecular weight is 257 g/mol. The van der Waals surface area contributed by atoms with Crippen molar-refractivity contribution in [3.05, 3.63) is 0 Å². The summed E-state index contributed by atoms with van der Waals surface area (Å²) in [6.07, 6.45) is 7.43. The molecule has 0 heterocycles. The quantitative estimate of drug-likeness (QED) is 0.583. The molecule has 1 saturated carbocycles. The maximum Gasteiger partial charge on any atom is 0.303 e. The van der Waals surface area contributed by atoms with Crippen LogP contribution < -0.4 is 5.32 Å². The lowest BCUT2D eigenvalue weighted by atomic mass is 9.77. The van der Waals surface area contributed by atoms with Crippen LogP contribution in [-0.4, -0.2) is 34.9 Å². The Hall–Kier alpha value is -0.610. The largest absolute Gasteiger partial charge is 0.481 e. The maximum absolute atomic E-state index is 10.4. The van der Waals surface area contributed by atoms with Crippen molar-refractivity contribution in [3.63, 3.8) is 0 Å². The number of aliphatic hydroxyl groups excluding tert-OH is 1. The molecule has 0 aromatic rings. The smallest absolute Gasteiger partial charge is 0.303 e. The number of unbranched alkanes of at least 4 members (excludes halogenated alkanes) is 2. The average Bonchev–Trinajstić information content (AvgIpc) is 2.36. The van der Waals surface area contributed by atoms with Gasteiger partial charge < -0.3 is 15.5 Å². The van der Waals surface area contributed by atoms with E-state index in [1.54, 1.807) is 0 Å². The molecule has 4 nitrogen and oxygen atoms in total. The van der Waals surface area contributed by atoms with E-state index in [0.717, 1.165) is 44.6 Å². The van der Waals surface area contributed by atoms with Crippen molar-refractivity contribution in [2.75, 3.05) is 13.2 Å². The van der Waals surface area contributed by atoms with Crippen molar-refractivity contribution in [2.45, 2.75) is 63.8 Å². The van der Waals surface area contributed by atoms with Crippen LogP contribution in [-0.2, 0) is 4.79 Å². The fourth-order valence-corrected chi connectivity index (χ4v) is 2.64. The zero-order chi connectivity index (χ0) is 13.4. The SMILES string of the molecule is CC1CCC(CO)(NCCCCCC(=O)O)CC1. The van der Waals surface area contributed by atoms with Crippen LogP contribution in [0.25, 0.3) is 0 Å². The number of hydrogen-bond acceptors (Lipinski definition) is 3. The van der Waals surface area contributed by atoms with Crippen LogP contribution in [0.15, 0.2) is 0 Å². The molecule has 1 aliphatic carbocycles. The zero-order valence-corrected chi connectivity index (χ0v) is 11.5. The van der Waals surface area contributed by atoms with Gasteiger partial charge in [-0.3, -0.25) is 4.79 Å². The van der Waals surface area contributed by atoms with Gasteiger partial charge in [0.05, 0.1) is 6.61 Å². The highest BCUT2D eigenvalue weighted by Gasteiger charge is 2.32. The minimum Gasteiger partial charge on any atom is -0.481 e. The van der Waals surface area contributed by atoms with Gasteiger partial charge in [-0.25, -0.2) is 0 Å². The molecule has 4 heteroatoms. The molecule has 3 N–H and O–H groups in total. The van der Waals surface area contributed by atoms with E-state index in [9.17, 15) is 9.90 Å². The van der Waals surface area contributed by atoms with Gasteiger partial charge in [0.25, 0.3) is 0 Å². The van der Waals surface area contributed by atoms with E-state index >= 15 is 0 Å². The first-order valence-corrected chi connectivity index (χ1v) is 7.16. The molecular formula is C14H27NO3. The van der Waals surface area contributed by atoms with Crippen LogP contribution >= 0.6 is 0 Å². The van der Waals surface area contributed by atoms with Crippen LogP contribution in [0.3, 0.4) is 0 Å². The summed E-state index contributed by atoms with van der Waals surface area (Å²) >= 11 is 0. The second kappa shape index (κ2) is 7.74. The van der Waals surface area contributed by atoms with Crippen molar-refractivity contribution in [3.8, 4) is 0 Å². The highest BCUT2D eigenvalue weighted by molar-refractivity contribution is 5.66. The van der Waals surface area contributed by atoms with E-state index < -0.39 is 5.97 Å². The van der Waals surface area contributed by atoms with Gasteiger partial charge in [0.1, 0.15) is 0 Å². The van der Waals surface area contributed by atoms with Crippen LogP contribution in [0.1, 0.15) is 58.3 Å². The van der Waals surface area contributed by atoms with Crippen molar-refractivity contribution in [1.82, 2.24) is 5.32 Å². The van der Waals surface area contributed by atoms with E-state index in [2.05, 4.69) is 12.2 Å². The molecule has 0 radical (unpaired) electrons. The lowest BCUT2D eigenvalue weighted by Gasteiger charge is -2.39. The van der Waals surface area contributed by atoms with Crippen LogP contribution in [0, 0.1) is 5.92 Å². The predicted molar refractivity (Wildman–Crippen MR) is 71.6 cm³/mol. The summed E-state index contributed by atoms with van der Waals surface area (Å²) in [6, 6.07) is 0. The first kappa shape index (κ1) is 15.4. The molecule has 0 aliphatic heterocycles. The summed E-state index contributed by atoms with van der Waals surface area (Å²) in [5.41, 5.74) is -0.0701. The predicted octanol–water partition coefficient (Wildman–Crippen LogP) is 2.16. The Morgan fingerprint density at radius 2 is 1.94 bits per heavy atom. The number of carboxylic acid groups (broad SMARTS) is 1. The first-order chi connectivity index (χ1) is 8.58. The summed E-state index contributed by atoms with van der Waals surface area (Å²) in [6.45, 7) is 3.37. The molecule has 1 rings (SSSR count). The Bertz CT molecular complexity index is 247. The van der Waals surface area contributed by atoms with E-state index in [1.807, 2.05) is 0 Å². The summed E-state index contributed by atoms with van der Waals surface area (Å²) in [5, 5.41) is 21.6. The Morgan fingerprint density at radius 3 is 2.50 bits per heavy atom. The Kier molecular flexibility index (Phi) is 6.65. The van der Waals surface area contributed by atoms with E-state index in [1.165, 1.54) is 12.8 Å². The van der Waals surface area contributed by atoms with Gasteiger partial charge in [-0.1, -0.05) is 13.3 Å². The van der Waals surface area contributed by atoms with Gasteiger partial charge >= 0.3 is 5.97 Å². The minimum atomic E-state index is -0.712. The van der Waals surface area contributed by atoms with Gasteiger partial charge in [-0.2, -0.15) is 0 Å². The monoisotopic (exact) mass is 257 g/mol. The lowest BCUT2D eigenvalue weighted by Crippen LogP contribution is -2.51. The van der Waals surface area contributed by atoms with Crippen molar-refractivity contribution < 1.29 is 15.0 Å². The molecule has 0 bridgehead atoms. The van der Waals surface area contributed by atoms with Crippen LogP contribution in [0.4, 0.5) is 0 Å². The fraction of sp³-hybridized carbons (Fsp3) is 0.929. The summed E-state index contributed by atoms with van der Waals surface area (Å²) in [7, 11) is 0. The molecule has 1 aliphatic rings. The number of carboxylic acids is 1. The molecule has 0 aromatic carbocycles. The number of hydrogen-bond donors (Lipinski definition) is 3. The Morgan fingerprint density at radius 1 is 1.28 bits per heavy atom. The molecule has 0 aromatic heterocycles. The van der Waals surface area contributed by atoms with Gasteiger partial charge in [-0.05, 0) is 51.0 Å². The highest BCUT2D eigenvalue weighted by Crippen LogP contribution is 2.31. The van der Waals surface area contributed by atoms with Crippen molar-refractivity contribution >= 4 is 5.97 Å². The van der Waals surface area contributed by atoms with E-state index in [-0.39, 0.29) is 18.6 Å². The van der Waals surface area contributed by atoms with E-state index in [4.69, 9.17) is 5.11 Å². The summed E-state index contributed by atoms with van der Waals surface area (Å²) < 4.78 is 0. The van der Waals surface area contributed by atoms with Gasteiger partial charge in [-0.15, -0.1) is 0 Å². The highest BCUT2D eigenvalue weighted by atomic mass is 16.4. The number of carbonyl (C=O) groups is 1. The van der Waals surface area contributed by atoms with Gasteiger partial charge in [0.2, 0.25) is 0 Å². The number of aliphatic hydroxyl groups is 1. The first-order valence-electron chi connectivity index (χ1n) is 7.16. The van der Waals surface area contributed by atoms with E-state index in [0.29, 0.717) is 0 Å². The summed E-state index contributed by atoms with van der Waals surface area (Å²) in [4.78, 5) is 10.4. The molecule has 0 saturated heterocycles. The minimum absolute atomic E-state index is 0.0701. The van der Waals surface area contributed by atoms with Crippen molar-refractivity contribution in [1.29, 1.82) is 0 Å². The molecule has 1 fully saturated rings. The lowest BCUT2D eigenvalue weighted by molar-refractivity contribution is -0.137. The second-order valence-corrected chi connectivity index (χ2v) is 5.75. The second-order valence-electron chi connectivity index (χ2n) is 5.75. The molecular weight excluding hydrogens is 230 g/mol. The standard InChI is InChI=1S/C14H27NO3/c1-12-6-8-14(11-16,9-7-12)15-10-4-2-3-5-13(17)18/h12,15-16H,2-11H2,1H3,(H,17,18). The zero-order valence-electron chi connectivity index (χ0n) is 11.5. The Balaban J connectivity index is 2.14.